The van der Waals surface area contributed by atoms with E-state index >= 15 is 0 Å². The Morgan fingerprint density at radius 3 is 2.89 bits per heavy atom. The molecule has 3 N–H and O–H groups in total. The zero-order valence-electron chi connectivity index (χ0n) is 9.78. The van der Waals surface area contributed by atoms with Crippen LogP contribution in [0.3, 0.4) is 0 Å². The lowest BCUT2D eigenvalue weighted by Crippen LogP contribution is -2.34. The first kappa shape index (κ1) is 12.7. The third kappa shape index (κ3) is 2.73. The quantitative estimate of drug-likeness (QED) is 0.742. The van der Waals surface area contributed by atoms with Crippen LogP contribution in [-0.4, -0.2) is 36.3 Å². The summed E-state index contributed by atoms with van der Waals surface area (Å²) in [5, 5.41) is 3.06. The van der Waals surface area contributed by atoms with Crippen molar-refractivity contribution in [3.63, 3.8) is 0 Å². The zero-order valence-corrected chi connectivity index (χ0v) is 10.5. The van der Waals surface area contributed by atoms with Crippen molar-refractivity contribution in [3.05, 3.63) is 28.8 Å². The molecule has 0 aliphatic carbocycles. The van der Waals surface area contributed by atoms with Crippen molar-refractivity contribution in [2.45, 2.75) is 6.42 Å². The summed E-state index contributed by atoms with van der Waals surface area (Å²) >= 11 is 6.00. The molecule has 96 valence electrons. The second-order valence-electron chi connectivity index (χ2n) is 4.13. The van der Waals surface area contributed by atoms with E-state index in [-0.39, 0.29) is 11.8 Å². The van der Waals surface area contributed by atoms with Crippen LogP contribution in [0.4, 0.5) is 5.69 Å². The van der Waals surface area contributed by atoms with Gasteiger partial charge in [0.1, 0.15) is 0 Å². The Morgan fingerprint density at radius 2 is 2.17 bits per heavy atom. The van der Waals surface area contributed by atoms with E-state index in [9.17, 15) is 9.59 Å². The topological polar surface area (TPSA) is 75.4 Å². The van der Waals surface area contributed by atoms with Crippen molar-refractivity contribution in [1.29, 1.82) is 0 Å². The third-order valence-corrected chi connectivity index (χ3v) is 3.14. The van der Waals surface area contributed by atoms with E-state index in [2.05, 4.69) is 5.32 Å². The highest BCUT2D eigenvalue weighted by molar-refractivity contribution is 6.34. The van der Waals surface area contributed by atoms with Gasteiger partial charge in [-0.2, -0.15) is 0 Å². The first-order valence-corrected chi connectivity index (χ1v) is 6.07. The van der Waals surface area contributed by atoms with E-state index in [1.165, 1.54) is 0 Å². The van der Waals surface area contributed by atoms with Crippen LogP contribution < -0.4 is 11.1 Å². The Balaban J connectivity index is 2.17. The van der Waals surface area contributed by atoms with Gasteiger partial charge in [-0.1, -0.05) is 11.6 Å². The SMILES string of the molecule is Nc1ccc(C(=O)N2CCNC(=O)CC2)c(Cl)c1. The Hall–Kier alpha value is -1.75. The molecule has 0 unspecified atom stereocenters. The van der Waals surface area contributed by atoms with Crippen LogP contribution in [0.2, 0.25) is 5.02 Å². The van der Waals surface area contributed by atoms with Crippen LogP contribution in [-0.2, 0) is 4.79 Å². The van der Waals surface area contributed by atoms with Crippen molar-refractivity contribution in [2.24, 2.45) is 0 Å². The van der Waals surface area contributed by atoms with E-state index in [1.807, 2.05) is 0 Å². The van der Waals surface area contributed by atoms with Gasteiger partial charge in [-0.25, -0.2) is 0 Å². The number of hydrogen-bond donors (Lipinski definition) is 2. The second kappa shape index (κ2) is 5.27. The number of anilines is 1. The van der Waals surface area contributed by atoms with Gasteiger partial charge in [-0.3, -0.25) is 9.59 Å². The fraction of sp³-hybridized carbons (Fsp3) is 0.333. The molecule has 1 aromatic rings. The van der Waals surface area contributed by atoms with Crippen LogP contribution in [0.25, 0.3) is 0 Å². The van der Waals surface area contributed by atoms with Crippen LogP contribution in [0, 0.1) is 0 Å². The Labute approximate surface area is 110 Å². The average molecular weight is 268 g/mol. The number of nitrogen functional groups attached to an aromatic ring is 1. The van der Waals surface area contributed by atoms with Crippen molar-refractivity contribution in [3.8, 4) is 0 Å². The minimum absolute atomic E-state index is 0.0336. The molecule has 2 amide bonds. The highest BCUT2D eigenvalue weighted by Crippen LogP contribution is 2.21. The largest absolute Gasteiger partial charge is 0.399 e. The maximum atomic E-state index is 12.3. The molecule has 0 radical (unpaired) electrons. The Kier molecular flexibility index (Phi) is 3.72. The number of nitrogens with one attached hydrogen (secondary N) is 1. The van der Waals surface area contributed by atoms with E-state index in [4.69, 9.17) is 17.3 Å². The summed E-state index contributed by atoms with van der Waals surface area (Å²) in [4.78, 5) is 25.1. The van der Waals surface area contributed by atoms with Gasteiger partial charge in [-0.05, 0) is 18.2 Å². The summed E-state index contributed by atoms with van der Waals surface area (Å²) in [5.41, 5.74) is 6.52. The van der Waals surface area contributed by atoms with Gasteiger partial charge in [0.05, 0.1) is 10.6 Å². The normalized spacial score (nSPS) is 16.1. The highest BCUT2D eigenvalue weighted by atomic mass is 35.5. The molecule has 1 aromatic carbocycles. The van der Waals surface area contributed by atoms with Crippen LogP contribution in [0.15, 0.2) is 18.2 Å². The number of rotatable bonds is 1. The molecule has 0 bridgehead atoms. The van der Waals surface area contributed by atoms with E-state index < -0.39 is 0 Å². The predicted octanol–water partition coefficient (Wildman–Crippen LogP) is 0.884. The number of nitrogens with two attached hydrogens (primary N) is 1. The number of nitrogens with zero attached hydrogens (tertiary/aromatic N) is 1. The van der Waals surface area contributed by atoms with Gasteiger partial charge in [0.2, 0.25) is 5.91 Å². The van der Waals surface area contributed by atoms with Crippen molar-refractivity contribution >= 4 is 29.1 Å². The number of carbonyl (C=O) groups excluding carboxylic acids is 2. The molecule has 1 heterocycles. The van der Waals surface area contributed by atoms with Gasteiger partial charge in [0.15, 0.2) is 0 Å². The predicted molar refractivity (Wildman–Crippen MR) is 69.4 cm³/mol. The van der Waals surface area contributed by atoms with Crippen molar-refractivity contribution < 1.29 is 9.59 Å². The number of hydrogen-bond acceptors (Lipinski definition) is 3. The lowest BCUT2D eigenvalue weighted by Gasteiger charge is -2.20. The molecule has 1 aliphatic heterocycles. The van der Waals surface area contributed by atoms with E-state index in [1.54, 1.807) is 23.1 Å². The minimum Gasteiger partial charge on any atom is -0.399 e. The lowest BCUT2D eigenvalue weighted by molar-refractivity contribution is -0.120. The Bertz CT molecular complexity index is 490. The second-order valence-corrected chi connectivity index (χ2v) is 4.54. The maximum absolute atomic E-state index is 12.3. The summed E-state index contributed by atoms with van der Waals surface area (Å²) in [6, 6.07) is 4.80. The number of halogens is 1. The molecule has 2 rings (SSSR count). The standard InChI is InChI=1S/C12H14ClN3O2/c13-10-7-8(14)1-2-9(10)12(18)16-5-3-11(17)15-4-6-16/h1-2,7H,3-6,14H2,(H,15,17). The molecule has 0 atom stereocenters. The van der Waals surface area contributed by atoms with E-state index in [0.717, 1.165) is 0 Å². The molecule has 5 nitrogen and oxygen atoms in total. The average Bonchev–Trinajstić information content (AvgIpc) is 2.53. The molecule has 1 fully saturated rings. The van der Waals surface area contributed by atoms with Gasteiger partial charge in [0.25, 0.3) is 5.91 Å². The fourth-order valence-corrected chi connectivity index (χ4v) is 2.12. The minimum atomic E-state index is -0.170. The molecule has 6 heteroatoms. The molecule has 0 aromatic heterocycles. The molecular formula is C12H14ClN3O2. The molecule has 1 aliphatic rings. The van der Waals surface area contributed by atoms with Crippen LogP contribution >= 0.6 is 11.6 Å². The number of carbonyl (C=O) groups is 2. The molecule has 1 saturated heterocycles. The van der Waals surface area contributed by atoms with Gasteiger partial charge < -0.3 is 16.0 Å². The van der Waals surface area contributed by atoms with Gasteiger partial charge in [0, 0.05) is 31.7 Å². The summed E-state index contributed by atoms with van der Waals surface area (Å²) in [6.45, 7) is 1.37. The summed E-state index contributed by atoms with van der Waals surface area (Å²) in [5.74, 6) is -0.204. The smallest absolute Gasteiger partial charge is 0.255 e. The van der Waals surface area contributed by atoms with Crippen LogP contribution in [0.1, 0.15) is 16.8 Å². The monoisotopic (exact) mass is 267 g/mol. The summed E-state index contributed by atoms with van der Waals surface area (Å²) in [6.07, 6.45) is 0.318. The van der Waals surface area contributed by atoms with Crippen molar-refractivity contribution in [2.75, 3.05) is 25.4 Å². The number of amides is 2. The molecular weight excluding hydrogens is 254 g/mol. The molecule has 0 spiro atoms. The van der Waals surface area contributed by atoms with Gasteiger partial charge >= 0.3 is 0 Å². The first-order chi connectivity index (χ1) is 8.58. The third-order valence-electron chi connectivity index (χ3n) is 2.82. The van der Waals surface area contributed by atoms with Crippen LogP contribution in [0.5, 0.6) is 0 Å². The fourth-order valence-electron chi connectivity index (χ4n) is 1.85. The number of benzene rings is 1. The highest BCUT2D eigenvalue weighted by Gasteiger charge is 2.21. The maximum Gasteiger partial charge on any atom is 0.255 e. The van der Waals surface area contributed by atoms with E-state index in [0.29, 0.717) is 42.3 Å². The lowest BCUT2D eigenvalue weighted by atomic mass is 10.1. The van der Waals surface area contributed by atoms with Gasteiger partial charge in [-0.15, -0.1) is 0 Å². The zero-order chi connectivity index (χ0) is 13.1. The molecule has 0 saturated carbocycles. The summed E-state index contributed by atoms with van der Waals surface area (Å²) in [7, 11) is 0. The Morgan fingerprint density at radius 1 is 1.39 bits per heavy atom. The molecule has 18 heavy (non-hydrogen) atoms. The first-order valence-electron chi connectivity index (χ1n) is 5.69. The van der Waals surface area contributed by atoms with Crippen molar-refractivity contribution in [1.82, 2.24) is 10.2 Å². The summed E-state index contributed by atoms with van der Waals surface area (Å²) < 4.78 is 0.